The van der Waals surface area contributed by atoms with Crippen molar-refractivity contribution in [3.63, 3.8) is 0 Å². The average Bonchev–Trinajstić information content (AvgIpc) is 3.12. The standard InChI is InChI=1S/C37H64N4O10/c1-2-3-19-40-35(43)30-49-29-27-48-25-22-41-36(44)31-50-28-26-47-24-21-38-18-10-11-20-39-34(42)13-9-7-5-4-6-8-12-23-51-33-16-14-32(15-17-33)37(45)46/h14-17,38H,2-13,18-31H2,1H3,(H,39,42)(H,40,43)(H,41,44)(H,45,46). The highest BCUT2D eigenvalue weighted by molar-refractivity contribution is 5.87. The molecule has 0 saturated heterocycles. The third-order valence-electron chi connectivity index (χ3n) is 7.58. The molecule has 51 heavy (non-hydrogen) atoms. The molecule has 1 rings (SSSR count). The molecule has 3 amide bonds. The van der Waals surface area contributed by atoms with Gasteiger partial charge in [-0.2, -0.15) is 0 Å². The van der Waals surface area contributed by atoms with Gasteiger partial charge in [0, 0.05) is 32.6 Å². The van der Waals surface area contributed by atoms with E-state index in [4.69, 9.17) is 28.8 Å². The predicted molar refractivity (Wildman–Crippen MR) is 195 cm³/mol. The highest BCUT2D eigenvalue weighted by atomic mass is 16.5. The van der Waals surface area contributed by atoms with Crippen LogP contribution in [0, 0.1) is 0 Å². The van der Waals surface area contributed by atoms with Gasteiger partial charge in [-0.15, -0.1) is 0 Å². The number of carbonyl (C=O) groups excluding carboxylic acids is 3. The zero-order valence-corrected chi connectivity index (χ0v) is 30.8. The molecule has 0 spiro atoms. The van der Waals surface area contributed by atoms with E-state index in [0.29, 0.717) is 78.1 Å². The van der Waals surface area contributed by atoms with E-state index in [1.165, 1.54) is 0 Å². The topological polar surface area (TPSA) is 183 Å². The summed E-state index contributed by atoms with van der Waals surface area (Å²) in [5, 5.41) is 20.7. The molecule has 1 aromatic rings. The van der Waals surface area contributed by atoms with Crippen LogP contribution in [0.4, 0.5) is 0 Å². The minimum Gasteiger partial charge on any atom is -0.494 e. The third kappa shape index (κ3) is 30.1. The van der Waals surface area contributed by atoms with Gasteiger partial charge in [-0.05, 0) is 62.9 Å². The first-order valence-electron chi connectivity index (χ1n) is 18.7. The summed E-state index contributed by atoms with van der Waals surface area (Å²) < 4.78 is 27.1. The molecule has 0 bridgehead atoms. The quantitative estimate of drug-likeness (QED) is 0.0639. The lowest BCUT2D eigenvalue weighted by atomic mass is 10.1. The lowest BCUT2D eigenvalue weighted by Gasteiger charge is -2.09. The zero-order valence-electron chi connectivity index (χ0n) is 30.8. The molecule has 0 aliphatic carbocycles. The number of carboxylic acid groups (broad SMARTS) is 1. The first-order chi connectivity index (χ1) is 24.9. The van der Waals surface area contributed by atoms with Crippen LogP contribution in [0.1, 0.15) is 94.3 Å². The molecular weight excluding hydrogens is 660 g/mol. The van der Waals surface area contributed by atoms with Crippen molar-refractivity contribution in [2.24, 2.45) is 0 Å². The van der Waals surface area contributed by atoms with Crippen LogP contribution >= 0.6 is 0 Å². The Morgan fingerprint density at radius 2 is 1.06 bits per heavy atom. The van der Waals surface area contributed by atoms with Crippen LogP contribution < -0.4 is 26.0 Å². The molecular formula is C37H64N4O10. The van der Waals surface area contributed by atoms with E-state index in [9.17, 15) is 19.2 Å². The second kappa shape index (κ2) is 33.8. The van der Waals surface area contributed by atoms with Gasteiger partial charge in [-0.1, -0.05) is 45.4 Å². The van der Waals surface area contributed by atoms with Crippen LogP contribution in [0.2, 0.25) is 0 Å². The number of nitrogens with one attached hydrogen (secondary N) is 4. The van der Waals surface area contributed by atoms with Gasteiger partial charge in [0.05, 0.1) is 51.8 Å². The van der Waals surface area contributed by atoms with Crippen molar-refractivity contribution in [2.75, 3.05) is 92.2 Å². The largest absolute Gasteiger partial charge is 0.494 e. The average molecular weight is 725 g/mol. The fourth-order valence-electron chi connectivity index (χ4n) is 4.65. The molecule has 1 aromatic carbocycles. The first kappa shape index (κ1) is 45.7. The molecule has 292 valence electrons. The van der Waals surface area contributed by atoms with E-state index in [1.54, 1.807) is 24.3 Å². The van der Waals surface area contributed by atoms with Crippen molar-refractivity contribution in [1.82, 2.24) is 21.3 Å². The predicted octanol–water partition coefficient (Wildman–Crippen LogP) is 3.47. The fraction of sp³-hybridized carbons (Fsp3) is 0.730. The van der Waals surface area contributed by atoms with Crippen LogP contribution in [-0.2, 0) is 33.3 Å². The highest BCUT2D eigenvalue weighted by Crippen LogP contribution is 2.14. The Hall–Kier alpha value is -3.30. The van der Waals surface area contributed by atoms with Crippen molar-refractivity contribution in [2.45, 2.75) is 84.0 Å². The van der Waals surface area contributed by atoms with E-state index in [1.807, 2.05) is 0 Å². The van der Waals surface area contributed by atoms with Crippen LogP contribution in [0.25, 0.3) is 0 Å². The number of amides is 3. The maximum atomic E-state index is 12.0. The number of carboxylic acids is 1. The second-order valence-electron chi connectivity index (χ2n) is 12.1. The molecule has 5 N–H and O–H groups in total. The van der Waals surface area contributed by atoms with Crippen LogP contribution in [-0.4, -0.2) is 121 Å². The maximum Gasteiger partial charge on any atom is 0.335 e. The van der Waals surface area contributed by atoms with Crippen molar-refractivity contribution >= 4 is 23.7 Å². The maximum absolute atomic E-state index is 12.0. The van der Waals surface area contributed by atoms with Crippen LogP contribution in [0.5, 0.6) is 5.75 Å². The normalized spacial score (nSPS) is 10.9. The van der Waals surface area contributed by atoms with Gasteiger partial charge in [0.1, 0.15) is 19.0 Å². The Balaban J connectivity index is 1.75. The summed E-state index contributed by atoms with van der Waals surface area (Å²) in [5.74, 6) is -0.470. The zero-order chi connectivity index (χ0) is 37.0. The molecule has 0 saturated carbocycles. The SMILES string of the molecule is CCCCNC(=O)COCCOCCNC(=O)COCCOCCNCCCCNC(=O)CCCCCCCCCOc1ccc(C(=O)O)cc1. The van der Waals surface area contributed by atoms with Gasteiger partial charge < -0.3 is 50.1 Å². The third-order valence-corrected chi connectivity index (χ3v) is 7.58. The number of aromatic carboxylic acids is 1. The summed E-state index contributed by atoms with van der Waals surface area (Å²) in [5.41, 5.74) is 0.256. The lowest BCUT2D eigenvalue weighted by Crippen LogP contribution is -2.31. The molecule has 0 atom stereocenters. The summed E-state index contributed by atoms with van der Waals surface area (Å²) in [6.45, 7) is 8.28. The van der Waals surface area contributed by atoms with E-state index < -0.39 is 5.97 Å². The van der Waals surface area contributed by atoms with Gasteiger partial charge in [0.25, 0.3) is 0 Å². The number of carbonyl (C=O) groups is 4. The van der Waals surface area contributed by atoms with Gasteiger partial charge in [0.2, 0.25) is 17.7 Å². The minimum absolute atomic E-state index is 0.0207. The summed E-state index contributed by atoms with van der Waals surface area (Å²) in [4.78, 5) is 46.2. The first-order valence-corrected chi connectivity index (χ1v) is 18.7. The molecule has 0 aliphatic heterocycles. The van der Waals surface area contributed by atoms with E-state index in [-0.39, 0.29) is 36.5 Å². The number of hydrogen-bond donors (Lipinski definition) is 5. The minimum atomic E-state index is -0.939. The number of rotatable bonds is 36. The number of hydrogen-bond acceptors (Lipinski definition) is 10. The number of benzene rings is 1. The van der Waals surface area contributed by atoms with E-state index in [2.05, 4.69) is 28.2 Å². The Labute approximate surface area is 304 Å². The summed E-state index contributed by atoms with van der Waals surface area (Å²) in [6.07, 6.45) is 11.9. The molecule has 0 aliphatic rings. The van der Waals surface area contributed by atoms with Gasteiger partial charge in [-0.25, -0.2) is 4.79 Å². The van der Waals surface area contributed by atoms with Gasteiger partial charge in [-0.3, -0.25) is 14.4 Å². The highest BCUT2D eigenvalue weighted by Gasteiger charge is 2.04. The van der Waals surface area contributed by atoms with Crippen molar-refractivity contribution in [3.8, 4) is 5.75 Å². The fourth-order valence-corrected chi connectivity index (χ4v) is 4.65. The van der Waals surface area contributed by atoms with E-state index in [0.717, 1.165) is 83.7 Å². The summed E-state index contributed by atoms with van der Waals surface area (Å²) in [6, 6.07) is 6.47. The lowest BCUT2D eigenvalue weighted by molar-refractivity contribution is -0.127. The molecule has 0 unspecified atom stereocenters. The smallest absolute Gasteiger partial charge is 0.335 e. The van der Waals surface area contributed by atoms with Gasteiger partial charge in [0.15, 0.2) is 0 Å². The van der Waals surface area contributed by atoms with Crippen molar-refractivity contribution in [3.05, 3.63) is 29.8 Å². The summed E-state index contributed by atoms with van der Waals surface area (Å²) >= 11 is 0. The van der Waals surface area contributed by atoms with Crippen molar-refractivity contribution in [1.29, 1.82) is 0 Å². The molecule has 0 radical (unpaired) electrons. The molecule has 14 nitrogen and oxygen atoms in total. The molecule has 0 aromatic heterocycles. The number of unbranched alkanes of at least 4 members (excludes halogenated alkanes) is 8. The Bertz CT molecular complexity index is 1030. The summed E-state index contributed by atoms with van der Waals surface area (Å²) in [7, 11) is 0. The Morgan fingerprint density at radius 1 is 0.529 bits per heavy atom. The van der Waals surface area contributed by atoms with Crippen LogP contribution in [0.15, 0.2) is 24.3 Å². The molecule has 0 fully saturated rings. The monoisotopic (exact) mass is 724 g/mol. The van der Waals surface area contributed by atoms with Crippen molar-refractivity contribution < 1.29 is 48.0 Å². The molecule has 0 heterocycles. The Kier molecular flexibility index (Phi) is 30.3. The molecule has 14 heteroatoms. The Morgan fingerprint density at radius 3 is 1.71 bits per heavy atom. The van der Waals surface area contributed by atoms with Crippen LogP contribution in [0.3, 0.4) is 0 Å². The van der Waals surface area contributed by atoms with Gasteiger partial charge >= 0.3 is 5.97 Å². The number of ether oxygens (including phenoxy) is 5. The second-order valence-corrected chi connectivity index (χ2v) is 12.1. The van der Waals surface area contributed by atoms with E-state index >= 15 is 0 Å².